The molecule has 0 aliphatic carbocycles. The number of rotatable bonds is 3. The average Bonchev–Trinajstić information content (AvgIpc) is 2.89. The van der Waals surface area contributed by atoms with Gasteiger partial charge in [-0.25, -0.2) is 4.98 Å². The molecule has 0 aliphatic heterocycles. The molecule has 18 heavy (non-hydrogen) atoms. The molecule has 1 N–H and O–H groups in total. The normalized spacial score (nSPS) is 11.7. The molecule has 3 aromatic heterocycles. The zero-order valence-electron chi connectivity index (χ0n) is 10.5. The molecular weight excluding hydrogens is 246 g/mol. The van der Waals surface area contributed by atoms with Gasteiger partial charge in [0.2, 0.25) is 11.7 Å². The van der Waals surface area contributed by atoms with E-state index in [0.29, 0.717) is 0 Å². The topological polar surface area (TPSA) is 55.6 Å². The van der Waals surface area contributed by atoms with Gasteiger partial charge in [-0.2, -0.15) is 4.73 Å². The summed E-state index contributed by atoms with van der Waals surface area (Å²) in [7, 11) is 0. The summed E-state index contributed by atoms with van der Waals surface area (Å²) in [5, 5.41) is 11.9. The van der Waals surface area contributed by atoms with Crippen molar-refractivity contribution in [3.63, 3.8) is 0 Å². The molecule has 0 saturated carbocycles. The minimum Gasteiger partial charge on any atom is -0.618 e. The lowest BCUT2D eigenvalue weighted by molar-refractivity contribution is -0.575. The van der Waals surface area contributed by atoms with Crippen LogP contribution in [0.15, 0.2) is 12.3 Å². The van der Waals surface area contributed by atoms with E-state index in [1.807, 2.05) is 13.0 Å². The summed E-state index contributed by atoms with van der Waals surface area (Å²) in [4.78, 5) is 9.01. The summed E-state index contributed by atoms with van der Waals surface area (Å²) >= 11 is 1.64. The second kappa shape index (κ2) is 4.24. The first-order valence-electron chi connectivity index (χ1n) is 6.20. The van der Waals surface area contributed by atoms with Crippen molar-refractivity contribution in [1.29, 1.82) is 0 Å². The average molecular weight is 261 g/mol. The zero-order chi connectivity index (χ0) is 12.7. The van der Waals surface area contributed by atoms with E-state index in [4.69, 9.17) is 0 Å². The third-order valence-electron chi connectivity index (χ3n) is 3.09. The summed E-state index contributed by atoms with van der Waals surface area (Å²) in [6, 6.07) is 1.93. The number of pyridine rings is 1. The second-order valence-corrected chi connectivity index (χ2v) is 5.83. The van der Waals surface area contributed by atoms with Gasteiger partial charge in [0.15, 0.2) is 5.52 Å². The van der Waals surface area contributed by atoms with E-state index < -0.39 is 0 Å². The van der Waals surface area contributed by atoms with E-state index in [9.17, 15) is 5.21 Å². The standard InChI is InChI=1S/C13H15N3OS/c1-3-4-5-11-14-9-7-16(17)10-6-8(2)18-13(10)12(9)15-11/h6-7H,3-5H2,1-2H3,(H,14,15). The Morgan fingerprint density at radius 1 is 1.50 bits per heavy atom. The van der Waals surface area contributed by atoms with Gasteiger partial charge in [-0.3, -0.25) is 0 Å². The fourth-order valence-corrected chi connectivity index (χ4v) is 3.19. The number of aromatic nitrogens is 3. The van der Waals surface area contributed by atoms with Gasteiger partial charge in [0.25, 0.3) is 0 Å². The van der Waals surface area contributed by atoms with Crippen molar-refractivity contribution in [2.24, 2.45) is 0 Å². The van der Waals surface area contributed by atoms with Gasteiger partial charge in [0.1, 0.15) is 10.5 Å². The molecule has 4 nitrogen and oxygen atoms in total. The van der Waals surface area contributed by atoms with Crippen LogP contribution in [0.1, 0.15) is 30.5 Å². The Morgan fingerprint density at radius 3 is 3.11 bits per heavy atom. The third-order valence-corrected chi connectivity index (χ3v) is 4.14. The number of fused-ring (bicyclic) bond motifs is 3. The van der Waals surface area contributed by atoms with E-state index in [1.54, 1.807) is 17.5 Å². The minimum absolute atomic E-state index is 0.732. The van der Waals surface area contributed by atoms with Crippen molar-refractivity contribution >= 4 is 32.6 Å². The first-order chi connectivity index (χ1) is 8.69. The number of nitrogens with one attached hydrogen (secondary N) is 1. The summed E-state index contributed by atoms with van der Waals surface area (Å²) in [5.41, 5.74) is 2.50. The van der Waals surface area contributed by atoms with Crippen molar-refractivity contribution in [3.8, 4) is 0 Å². The van der Waals surface area contributed by atoms with E-state index in [-0.39, 0.29) is 0 Å². The Kier molecular flexibility index (Phi) is 2.70. The maximum Gasteiger partial charge on any atom is 0.237 e. The van der Waals surface area contributed by atoms with Crippen LogP contribution in [0.2, 0.25) is 0 Å². The molecule has 3 aromatic rings. The molecule has 0 spiro atoms. The van der Waals surface area contributed by atoms with Crippen LogP contribution in [0.3, 0.4) is 0 Å². The highest BCUT2D eigenvalue weighted by molar-refractivity contribution is 7.19. The molecule has 3 rings (SSSR count). The predicted octanol–water partition coefficient (Wildman–Crippen LogP) is 3.06. The van der Waals surface area contributed by atoms with Crippen molar-refractivity contribution in [1.82, 2.24) is 9.97 Å². The van der Waals surface area contributed by atoms with E-state index >= 15 is 0 Å². The molecule has 0 radical (unpaired) electrons. The number of aromatic amines is 1. The van der Waals surface area contributed by atoms with E-state index in [0.717, 1.165) is 55.9 Å². The van der Waals surface area contributed by atoms with Gasteiger partial charge in [0, 0.05) is 17.4 Å². The smallest absolute Gasteiger partial charge is 0.237 e. The lowest BCUT2D eigenvalue weighted by atomic mass is 10.2. The molecule has 0 bridgehead atoms. The first kappa shape index (κ1) is 11.5. The Bertz CT molecular complexity index is 714. The Hall–Kier alpha value is -1.62. The number of H-pyrrole nitrogens is 1. The first-order valence-corrected chi connectivity index (χ1v) is 7.01. The molecule has 0 amide bonds. The second-order valence-electron chi connectivity index (χ2n) is 4.57. The Labute approximate surface area is 109 Å². The highest BCUT2D eigenvalue weighted by atomic mass is 32.1. The fraction of sp³-hybridized carbons (Fsp3) is 0.385. The van der Waals surface area contributed by atoms with Crippen LogP contribution < -0.4 is 4.73 Å². The number of hydrogen-bond acceptors (Lipinski definition) is 3. The van der Waals surface area contributed by atoms with E-state index in [2.05, 4.69) is 16.9 Å². The highest BCUT2D eigenvalue weighted by Crippen LogP contribution is 2.28. The molecule has 0 aliphatic rings. The van der Waals surface area contributed by atoms with Gasteiger partial charge in [-0.1, -0.05) is 13.3 Å². The molecule has 0 aromatic carbocycles. The maximum absolute atomic E-state index is 11.9. The number of thiophene rings is 1. The number of aryl methyl sites for hydroxylation is 2. The number of imidazole rings is 1. The molecule has 0 fully saturated rings. The minimum atomic E-state index is 0.732. The molecule has 5 heteroatoms. The summed E-state index contributed by atoms with van der Waals surface area (Å²) in [5.74, 6) is 0.977. The van der Waals surface area contributed by atoms with Crippen LogP contribution in [-0.4, -0.2) is 9.97 Å². The predicted molar refractivity (Wildman–Crippen MR) is 73.8 cm³/mol. The highest BCUT2D eigenvalue weighted by Gasteiger charge is 2.16. The molecule has 0 unspecified atom stereocenters. The van der Waals surface area contributed by atoms with Gasteiger partial charge >= 0.3 is 0 Å². The van der Waals surface area contributed by atoms with Gasteiger partial charge < -0.3 is 10.2 Å². The van der Waals surface area contributed by atoms with Crippen LogP contribution in [0.25, 0.3) is 21.3 Å². The molecule has 0 atom stereocenters. The quantitative estimate of drug-likeness (QED) is 0.582. The maximum atomic E-state index is 11.9. The van der Waals surface area contributed by atoms with Gasteiger partial charge in [-0.15, -0.1) is 11.3 Å². The third kappa shape index (κ3) is 1.75. The number of nitrogens with zero attached hydrogens (tertiary/aromatic N) is 2. The van der Waals surface area contributed by atoms with Crippen molar-refractivity contribution in [2.75, 3.05) is 0 Å². The van der Waals surface area contributed by atoms with Crippen molar-refractivity contribution in [3.05, 3.63) is 28.2 Å². The molecule has 94 valence electrons. The van der Waals surface area contributed by atoms with Crippen LogP contribution in [0.5, 0.6) is 0 Å². The largest absolute Gasteiger partial charge is 0.618 e. The molecular formula is C13H15N3OS. The van der Waals surface area contributed by atoms with Crippen LogP contribution in [0, 0.1) is 12.1 Å². The SMILES string of the molecule is CCCCc1nc2c[n+]([O-])c3cc(C)sc3c2[nH]1. The fourth-order valence-electron chi connectivity index (χ4n) is 2.19. The Balaban J connectivity index is 2.22. The van der Waals surface area contributed by atoms with Crippen molar-refractivity contribution < 1.29 is 4.73 Å². The summed E-state index contributed by atoms with van der Waals surface area (Å²) in [6.45, 7) is 4.18. The molecule has 0 saturated heterocycles. The zero-order valence-corrected chi connectivity index (χ0v) is 11.3. The summed E-state index contributed by atoms with van der Waals surface area (Å²) < 4.78 is 1.93. The Morgan fingerprint density at radius 2 is 2.33 bits per heavy atom. The van der Waals surface area contributed by atoms with Crippen LogP contribution in [0.4, 0.5) is 0 Å². The summed E-state index contributed by atoms with van der Waals surface area (Å²) in [6.07, 6.45) is 4.77. The van der Waals surface area contributed by atoms with Gasteiger partial charge in [0.05, 0.1) is 5.52 Å². The van der Waals surface area contributed by atoms with Gasteiger partial charge in [-0.05, 0) is 13.3 Å². The van der Waals surface area contributed by atoms with Crippen molar-refractivity contribution in [2.45, 2.75) is 33.1 Å². The lowest BCUT2D eigenvalue weighted by Crippen LogP contribution is -2.25. The van der Waals surface area contributed by atoms with Crippen LogP contribution in [-0.2, 0) is 6.42 Å². The van der Waals surface area contributed by atoms with Crippen LogP contribution >= 0.6 is 11.3 Å². The monoisotopic (exact) mass is 261 g/mol. The van der Waals surface area contributed by atoms with E-state index in [1.165, 1.54) is 0 Å². The lowest BCUT2D eigenvalue weighted by Gasteiger charge is -1.96. The number of unbranched alkanes of at least 4 members (excludes halogenated alkanes) is 1. The number of hydrogen-bond donors (Lipinski definition) is 1. The molecule has 3 heterocycles.